The van der Waals surface area contributed by atoms with Crippen molar-refractivity contribution >= 4 is 21.8 Å². The van der Waals surface area contributed by atoms with E-state index in [0.717, 1.165) is 28.7 Å². The van der Waals surface area contributed by atoms with E-state index in [1.807, 2.05) is 0 Å². The van der Waals surface area contributed by atoms with E-state index in [0.29, 0.717) is 5.75 Å². The van der Waals surface area contributed by atoms with Crippen molar-refractivity contribution in [3.63, 3.8) is 0 Å². The third-order valence-corrected chi connectivity index (χ3v) is 7.15. The van der Waals surface area contributed by atoms with E-state index in [-0.39, 0.29) is 16.2 Å². The van der Waals surface area contributed by atoms with Crippen LogP contribution >= 0.6 is 0 Å². The van der Waals surface area contributed by atoms with Crippen LogP contribution in [-0.2, 0) is 22.7 Å². The van der Waals surface area contributed by atoms with Crippen LogP contribution < -0.4 is 0 Å². The third-order valence-electron chi connectivity index (χ3n) is 7.15. The van der Waals surface area contributed by atoms with Crippen LogP contribution in [0.4, 0.5) is 0 Å². The van der Waals surface area contributed by atoms with Gasteiger partial charge in [-0.05, 0) is 75.3 Å². The second-order valence-corrected chi connectivity index (χ2v) is 12.9. The number of fused-ring (bicyclic) bond motifs is 3. The summed E-state index contributed by atoms with van der Waals surface area (Å²) >= 11 is 0. The number of rotatable bonds is 2. The molecule has 0 amide bonds. The number of nitrogens with zero attached hydrogens (tertiary/aromatic N) is 1. The lowest BCUT2D eigenvalue weighted by Gasteiger charge is -2.23. The van der Waals surface area contributed by atoms with Crippen LogP contribution in [0.15, 0.2) is 48.5 Å². The van der Waals surface area contributed by atoms with Gasteiger partial charge in [-0.25, -0.2) is 0 Å². The zero-order valence-corrected chi connectivity index (χ0v) is 22.7. The molecule has 1 aromatic heterocycles. The molecule has 0 atom stereocenters. The molecule has 0 aliphatic carbocycles. The molecule has 0 bridgehead atoms. The van der Waals surface area contributed by atoms with Crippen molar-refractivity contribution in [2.24, 2.45) is 0 Å². The summed E-state index contributed by atoms with van der Waals surface area (Å²) in [6.07, 6.45) is 0.794. The molecule has 1 N–H and O–H groups in total. The summed E-state index contributed by atoms with van der Waals surface area (Å²) in [5.41, 5.74) is 8.14. The predicted octanol–water partition coefficient (Wildman–Crippen LogP) is 8.94. The van der Waals surface area contributed by atoms with Gasteiger partial charge >= 0.3 is 0 Å². The number of aryl methyl sites for hydroxylation is 1. The van der Waals surface area contributed by atoms with Gasteiger partial charge in [-0.1, -0.05) is 87.4 Å². The second kappa shape index (κ2) is 7.90. The van der Waals surface area contributed by atoms with Crippen molar-refractivity contribution in [1.29, 1.82) is 0 Å². The Kier molecular flexibility index (Phi) is 5.67. The highest BCUT2D eigenvalue weighted by molar-refractivity contribution is 6.10. The van der Waals surface area contributed by atoms with Crippen molar-refractivity contribution in [2.45, 2.75) is 91.9 Å². The van der Waals surface area contributed by atoms with E-state index in [4.69, 9.17) is 0 Å². The molecule has 2 nitrogen and oxygen atoms in total. The number of aromatic hydroxyl groups is 1. The first kappa shape index (κ1) is 24.4. The lowest BCUT2D eigenvalue weighted by Crippen LogP contribution is -2.13. The molecule has 1 heterocycles. The Hall–Kier alpha value is -2.74. The fourth-order valence-electron chi connectivity index (χ4n) is 4.77. The Balaban J connectivity index is 2.17. The largest absolute Gasteiger partial charge is 0.505 e. The maximum absolute atomic E-state index is 11.4. The molecule has 4 aromatic rings. The molecule has 0 aliphatic heterocycles. The summed E-state index contributed by atoms with van der Waals surface area (Å²) in [7, 11) is 0. The zero-order valence-electron chi connectivity index (χ0n) is 22.7. The lowest BCUT2D eigenvalue weighted by molar-refractivity contribution is 0.465. The average molecular weight is 456 g/mol. The Bertz CT molecular complexity index is 1310. The summed E-state index contributed by atoms with van der Waals surface area (Å²) in [6.45, 7) is 22.4. The molecular formula is C32H41NO. The van der Waals surface area contributed by atoms with Gasteiger partial charge in [0.05, 0.1) is 16.7 Å². The Morgan fingerprint density at radius 2 is 1.06 bits per heavy atom. The maximum atomic E-state index is 11.4. The fraction of sp³-hybridized carbons (Fsp3) is 0.438. The Morgan fingerprint density at radius 3 is 1.44 bits per heavy atom. The van der Waals surface area contributed by atoms with Crippen molar-refractivity contribution < 1.29 is 5.11 Å². The van der Waals surface area contributed by atoms with Gasteiger partial charge in [0.15, 0.2) is 0 Å². The molecule has 0 spiro atoms. The molecule has 0 saturated heterocycles. The quantitative estimate of drug-likeness (QED) is 0.320. The molecule has 0 fully saturated rings. The summed E-state index contributed by atoms with van der Waals surface area (Å²) < 4.78 is 2.27. The molecule has 0 unspecified atom stereocenters. The van der Waals surface area contributed by atoms with Crippen LogP contribution in [0.2, 0.25) is 0 Å². The number of hydrogen-bond acceptors (Lipinski definition) is 1. The van der Waals surface area contributed by atoms with Crippen molar-refractivity contribution in [3.05, 3.63) is 70.8 Å². The predicted molar refractivity (Wildman–Crippen MR) is 148 cm³/mol. The minimum atomic E-state index is -0.00998. The first-order valence-corrected chi connectivity index (χ1v) is 12.6. The van der Waals surface area contributed by atoms with Crippen molar-refractivity contribution in [3.8, 4) is 11.4 Å². The number of aromatic nitrogens is 1. The van der Waals surface area contributed by atoms with E-state index in [1.165, 1.54) is 27.5 Å². The van der Waals surface area contributed by atoms with Gasteiger partial charge in [-0.15, -0.1) is 0 Å². The Labute approximate surface area is 205 Å². The highest BCUT2D eigenvalue weighted by atomic mass is 16.3. The second-order valence-electron chi connectivity index (χ2n) is 12.9. The first-order valence-electron chi connectivity index (χ1n) is 12.6. The summed E-state index contributed by atoms with van der Waals surface area (Å²) in [5, 5.41) is 13.9. The molecule has 0 aliphatic rings. The maximum Gasteiger partial charge on any atom is 0.142 e. The van der Waals surface area contributed by atoms with Crippen molar-refractivity contribution in [2.75, 3.05) is 0 Å². The monoisotopic (exact) mass is 455 g/mol. The van der Waals surface area contributed by atoms with Crippen LogP contribution in [0, 0.1) is 0 Å². The SMILES string of the molecule is CCc1cc(C(C)(C)C)cc(-n2c3ccc(C(C)(C)C)cc3c3cc(C(C)(C)C)ccc32)c1O. The van der Waals surface area contributed by atoms with E-state index in [9.17, 15) is 5.11 Å². The molecule has 180 valence electrons. The van der Waals surface area contributed by atoms with Crippen molar-refractivity contribution in [1.82, 2.24) is 4.57 Å². The van der Waals surface area contributed by atoms with Gasteiger partial charge < -0.3 is 9.67 Å². The first-order chi connectivity index (χ1) is 15.6. The van der Waals surface area contributed by atoms with Gasteiger partial charge in [0, 0.05) is 10.8 Å². The van der Waals surface area contributed by atoms with Gasteiger partial charge in [-0.3, -0.25) is 0 Å². The molecule has 0 saturated carbocycles. The fourth-order valence-corrected chi connectivity index (χ4v) is 4.77. The highest BCUT2D eigenvalue weighted by Crippen LogP contribution is 2.41. The smallest absolute Gasteiger partial charge is 0.142 e. The molecule has 0 radical (unpaired) electrons. The van der Waals surface area contributed by atoms with Crippen LogP contribution in [-0.4, -0.2) is 9.67 Å². The van der Waals surface area contributed by atoms with E-state index in [1.54, 1.807) is 0 Å². The molecular weight excluding hydrogens is 414 g/mol. The highest BCUT2D eigenvalue weighted by Gasteiger charge is 2.24. The van der Waals surface area contributed by atoms with Crippen LogP contribution in [0.3, 0.4) is 0 Å². The average Bonchev–Trinajstić information content (AvgIpc) is 3.05. The molecule has 34 heavy (non-hydrogen) atoms. The topological polar surface area (TPSA) is 25.2 Å². The number of hydrogen-bond donors (Lipinski definition) is 1. The van der Waals surface area contributed by atoms with E-state index in [2.05, 4.69) is 122 Å². The van der Waals surface area contributed by atoms with Gasteiger partial charge in [0.2, 0.25) is 0 Å². The van der Waals surface area contributed by atoms with Gasteiger partial charge in [0.25, 0.3) is 0 Å². The summed E-state index contributed by atoms with van der Waals surface area (Å²) in [4.78, 5) is 0. The lowest BCUT2D eigenvalue weighted by atomic mass is 9.85. The van der Waals surface area contributed by atoms with E-state index < -0.39 is 0 Å². The molecule has 2 heteroatoms. The van der Waals surface area contributed by atoms with Crippen LogP contribution in [0.5, 0.6) is 5.75 Å². The van der Waals surface area contributed by atoms with Gasteiger partial charge in [0.1, 0.15) is 5.75 Å². The number of phenols is 1. The third kappa shape index (κ3) is 4.13. The minimum Gasteiger partial charge on any atom is -0.505 e. The number of benzene rings is 3. The molecule has 3 aromatic carbocycles. The van der Waals surface area contributed by atoms with Gasteiger partial charge in [-0.2, -0.15) is 0 Å². The minimum absolute atomic E-state index is 0.00998. The summed E-state index contributed by atoms with van der Waals surface area (Å²) in [6, 6.07) is 18.0. The zero-order chi connectivity index (χ0) is 25.2. The van der Waals surface area contributed by atoms with Crippen LogP contribution in [0.1, 0.15) is 91.5 Å². The number of phenolic OH excluding ortho intramolecular Hbond substituents is 1. The normalized spacial score (nSPS) is 13.2. The summed E-state index contributed by atoms with van der Waals surface area (Å²) in [5.74, 6) is 0.383. The Morgan fingerprint density at radius 1 is 0.618 bits per heavy atom. The van der Waals surface area contributed by atoms with Crippen LogP contribution in [0.25, 0.3) is 27.5 Å². The van der Waals surface area contributed by atoms with E-state index >= 15 is 0 Å². The molecule has 4 rings (SSSR count). The standard InChI is InChI=1S/C32H41NO/c1-11-20-16-23(32(8,9)10)19-28(29(20)34)33-26-14-12-21(30(2,3)4)17-24(26)25-18-22(31(5,6)7)13-15-27(25)33/h12-19,34H,11H2,1-10H3.